The van der Waals surface area contributed by atoms with Crippen LogP contribution in [0.5, 0.6) is 0 Å². The number of Topliss-reactive ketones (excluding diaryl/α,β-unsaturated/α-hetero) is 2. The zero-order valence-electron chi connectivity index (χ0n) is 14.6. The maximum atomic E-state index is 12.9. The second-order valence-electron chi connectivity index (χ2n) is 7.08. The van der Waals surface area contributed by atoms with Crippen molar-refractivity contribution in [2.24, 2.45) is 17.3 Å². The summed E-state index contributed by atoms with van der Waals surface area (Å²) < 4.78 is 0. The predicted octanol–water partition coefficient (Wildman–Crippen LogP) is 2.39. The first-order chi connectivity index (χ1) is 10.2. The van der Waals surface area contributed by atoms with Gasteiger partial charge in [-0.2, -0.15) is 0 Å². The van der Waals surface area contributed by atoms with Gasteiger partial charge in [0.1, 0.15) is 5.78 Å². The van der Waals surface area contributed by atoms with E-state index in [1.165, 1.54) is 0 Å². The zero-order chi connectivity index (χ0) is 16.9. The molecule has 0 aliphatic carbocycles. The predicted molar refractivity (Wildman–Crippen MR) is 87.6 cm³/mol. The van der Waals surface area contributed by atoms with E-state index in [0.717, 1.165) is 5.69 Å². The number of hydrogen-bond donors (Lipinski definition) is 2. The topological polar surface area (TPSA) is 74.8 Å². The molecule has 0 bridgehead atoms. The Labute approximate surface area is 133 Å². The van der Waals surface area contributed by atoms with Crippen molar-refractivity contribution in [2.75, 3.05) is 6.54 Å². The summed E-state index contributed by atoms with van der Waals surface area (Å²) in [6, 6.07) is -0.388. The van der Waals surface area contributed by atoms with E-state index in [0.29, 0.717) is 6.42 Å². The number of carbonyl (C=O) groups is 2. The van der Waals surface area contributed by atoms with Gasteiger partial charge in [0.25, 0.3) is 0 Å². The molecule has 0 amide bonds. The van der Waals surface area contributed by atoms with E-state index in [9.17, 15) is 9.59 Å². The van der Waals surface area contributed by atoms with Crippen LogP contribution in [0.25, 0.3) is 0 Å². The largest absolute Gasteiger partial charge is 0.348 e. The molecule has 1 aromatic heterocycles. The van der Waals surface area contributed by atoms with E-state index in [1.54, 1.807) is 12.5 Å². The quantitative estimate of drug-likeness (QED) is 0.734. The molecule has 0 aromatic carbocycles. The molecule has 0 spiro atoms. The van der Waals surface area contributed by atoms with Gasteiger partial charge in [0.15, 0.2) is 5.78 Å². The van der Waals surface area contributed by atoms with Crippen molar-refractivity contribution < 1.29 is 9.59 Å². The molecule has 0 fully saturated rings. The van der Waals surface area contributed by atoms with Gasteiger partial charge < -0.3 is 10.3 Å². The molecule has 0 radical (unpaired) electrons. The van der Waals surface area contributed by atoms with E-state index in [2.05, 4.69) is 15.3 Å². The molecule has 5 heteroatoms. The lowest BCUT2D eigenvalue weighted by Crippen LogP contribution is -2.49. The number of nitrogens with zero attached hydrogens (tertiary/aromatic N) is 1. The van der Waals surface area contributed by atoms with Crippen molar-refractivity contribution in [3.63, 3.8) is 0 Å². The molecule has 22 heavy (non-hydrogen) atoms. The van der Waals surface area contributed by atoms with Gasteiger partial charge in [-0.1, -0.05) is 41.5 Å². The minimum absolute atomic E-state index is 0.0338. The Morgan fingerprint density at radius 1 is 1.27 bits per heavy atom. The number of ketones is 2. The molecule has 1 rings (SSSR count). The molecule has 124 valence electrons. The van der Waals surface area contributed by atoms with Gasteiger partial charge >= 0.3 is 0 Å². The highest BCUT2D eigenvalue weighted by atomic mass is 16.1. The number of carbonyl (C=O) groups excluding carboxylic acids is 2. The van der Waals surface area contributed by atoms with Gasteiger partial charge in [-0.25, -0.2) is 4.98 Å². The summed E-state index contributed by atoms with van der Waals surface area (Å²) in [5.74, 6) is 0.443. The van der Waals surface area contributed by atoms with Crippen molar-refractivity contribution in [1.29, 1.82) is 0 Å². The fraction of sp³-hybridized carbons (Fsp3) is 0.706. The molecular formula is C17H29N3O2. The highest BCUT2D eigenvalue weighted by Gasteiger charge is 2.36. The third-order valence-electron chi connectivity index (χ3n) is 4.54. The van der Waals surface area contributed by atoms with E-state index in [1.807, 2.05) is 41.5 Å². The van der Waals surface area contributed by atoms with Crippen molar-refractivity contribution in [2.45, 2.75) is 54.0 Å². The van der Waals surface area contributed by atoms with Crippen LogP contribution in [0.4, 0.5) is 0 Å². The number of aromatic nitrogens is 2. The summed E-state index contributed by atoms with van der Waals surface area (Å²) in [7, 11) is 0. The number of rotatable bonds is 9. The Morgan fingerprint density at radius 3 is 2.36 bits per heavy atom. The second kappa shape index (κ2) is 7.68. The Kier molecular flexibility index (Phi) is 6.48. The van der Waals surface area contributed by atoms with Gasteiger partial charge in [-0.3, -0.25) is 9.59 Å². The van der Waals surface area contributed by atoms with Gasteiger partial charge in [-0.15, -0.1) is 0 Å². The molecule has 0 aliphatic heterocycles. The van der Waals surface area contributed by atoms with Crippen LogP contribution in [0.15, 0.2) is 12.5 Å². The number of imidazole rings is 1. The van der Waals surface area contributed by atoms with Crippen LogP contribution < -0.4 is 5.32 Å². The van der Waals surface area contributed by atoms with Crippen LogP contribution in [0.3, 0.4) is 0 Å². The lowest BCUT2D eigenvalue weighted by Gasteiger charge is -2.32. The third-order valence-corrected chi connectivity index (χ3v) is 4.54. The molecule has 1 heterocycles. The van der Waals surface area contributed by atoms with E-state index in [-0.39, 0.29) is 36.0 Å². The third kappa shape index (κ3) is 4.77. The van der Waals surface area contributed by atoms with E-state index < -0.39 is 5.41 Å². The van der Waals surface area contributed by atoms with Gasteiger partial charge in [0, 0.05) is 29.6 Å². The lowest BCUT2D eigenvalue weighted by molar-refractivity contribution is -0.131. The minimum atomic E-state index is -0.446. The Balaban J connectivity index is 2.86. The van der Waals surface area contributed by atoms with Gasteiger partial charge in [-0.05, 0) is 5.92 Å². The van der Waals surface area contributed by atoms with Crippen molar-refractivity contribution in [1.82, 2.24) is 15.3 Å². The molecule has 0 aliphatic rings. The molecule has 0 saturated heterocycles. The fourth-order valence-electron chi connectivity index (χ4n) is 2.04. The van der Waals surface area contributed by atoms with Gasteiger partial charge in [0.05, 0.1) is 18.9 Å². The molecule has 5 nitrogen and oxygen atoms in total. The highest BCUT2D eigenvalue weighted by molar-refractivity contribution is 5.90. The number of H-pyrrole nitrogens is 1. The molecule has 1 unspecified atom stereocenters. The lowest BCUT2D eigenvalue weighted by atomic mass is 9.74. The van der Waals surface area contributed by atoms with Crippen molar-refractivity contribution >= 4 is 11.6 Å². The minimum Gasteiger partial charge on any atom is -0.348 e. The Bertz CT molecular complexity index is 490. The Morgan fingerprint density at radius 2 is 1.91 bits per heavy atom. The van der Waals surface area contributed by atoms with Crippen molar-refractivity contribution in [3.05, 3.63) is 18.2 Å². The first-order valence-corrected chi connectivity index (χ1v) is 7.94. The van der Waals surface area contributed by atoms with Crippen LogP contribution in [0, 0.1) is 17.3 Å². The summed E-state index contributed by atoms with van der Waals surface area (Å²) in [6.07, 6.45) is 3.83. The summed E-state index contributed by atoms with van der Waals surface area (Å²) in [6.45, 7) is 12.0. The Hall–Kier alpha value is -1.49. The van der Waals surface area contributed by atoms with Crippen LogP contribution in [0.1, 0.15) is 47.2 Å². The normalized spacial score (nSPS) is 13.6. The maximum Gasteiger partial charge on any atom is 0.155 e. The highest BCUT2D eigenvalue weighted by Crippen LogP contribution is 2.29. The summed E-state index contributed by atoms with van der Waals surface area (Å²) >= 11 is 0. The molecule has 1 aromatic rings. The standard InChI is InChI=1S/C17H29N3O2/c1-11(2)15(21)9-19-14(7-13-8-18-10-20-13)16(22)17(5,6)12(3)4/h8,10-12,14,19H,7,9H2,1-6H3,(H,18,20). The summed E-state index contributed by atoms with van der Waals surface area (Å²) in [5, 5.41) is 3.15. The van der Waals surface area contributed by atoms with E-state index in [4.69, 9.17) is 0 Å². The van der Waals surface area contributed by atoms with E-state index >= 15 is 0 Å². The fourth-order valence-corrected chi connectivity index (χ4v) is 2.04. The summed E-state index contributed by atoms with van der Waals surface area (Å²) in [4.78, 5) is 31.8. The first-order valence-electron chi connectivity index (χ1n) is 7.94. The average molecular weight is 307 g/mol. The average Bonchev–Trinajstić information content (AvgIpc) is 2.94. The number of hydrogen-bond acceptors (Lipinski definition) is 4. The zero-order valence-corrected chi connectivity index (χ0v) is 14.6. The smallest absolute Gasteiger partial charge is 0.155 e. The monoisotopic (exact) mass is 307 g/mol. The van der Waals surface area contributed by atoms with Gasteiger partial charge in [0.2, 0.25) is 0 Å². The molecule has 1 atom stereocenters. The molecule has 2 N–H and O–H groups in total. The van der Waals surface area contributed by atoms with Crippen LogP contribution in [0.2, 0.25) is 0 Å². The SMILES string of the molecule is CC(C)C(=O)CNC(Cc1cnc[nH]1)C(=O)C(C)(C)C(C)C. The van der Waals surface area contributed by atoms with Crippen LogP contribution in [-0.2, 0) is 16.0 Å². The summed E-state index contributed by atoms with van der Waals surface area (Å²) in [5.41, 5.74) is 0.445. The second-order valence-corrected chi connectivity index (χ2v) is 7.08. The van der Waals surface area contributed by atoms with Crippen LogP contribution >= 0.6 is 0 Å². The number of aromatic amines is 1. The number of nitrogens with one attached hydrogen (secondary N) is 2. The molecular weight excluding hydrogens is 278 g/mol. The maximum absolute atomic E-state index is 12.9. The first kappa shape index (κ1) is 18.6. The van der Waals surface area contributed by atoms with Crippen LogP contribution in [-0.4, -0.2) is 34.1 Å². The van der Waals surface area contributed by atoms with Crippen molar-refractivity contribution in [3.8, 4) is 0 Å². The molecule has 0 saturated carbocycles.